The highest BCUT2D eigenvalue weighted by Gasteiger charge is 2.33. The highest BCUT2D eigenvalue weighted by atomic mass is 32.2. The van der Waals surface area contributed by atoms with Gasteiger partial charge in [-0.1, -0.05) is 17.8 Å². The summed E-state index contributed by atoms with van der Waals surface area (Å²) < 4.78 is 43.2. The van der Waals surface area contributed by atoms with E-state index in [0.29, 0.717) is 15.1 Å². The first-order chi connectivity index (χ1) is 8.90. The summed E-state index contributed by atoms with van der Waals surface area (Å²) in [6.07, 6.45) is -4.40. The molecule has 0 aliphatic rings. The number of aromatic nitrogens is 2. The minimum Gasteiger partial charge on any atom is -0.326 e. The van der Waals surface area contributed by atoms with Gasteiger partial charge in [-0.2, -0.15) is 17.5 Å². The Bertz CT molecular complexity index is 581. The van der Waals surface area contributed by atoms with Crippen molar-refractivity contribution in [3.63, 3.8) is 0 Å². The van der Waals surface area contributed by atoms with Crippen LogP contribution >= 0.6 is 23.3 Å². The van der Waals surface area contributed by atoms with Crippen LogP contribution in [0.2, 0.25) is 0 Å². The zero-order valence-electron chi connectivity index (χ0n) is 9.86. The second-order valence-corrected chi connectivity index (χ2v) is 5.80. The number of hydrogen-bond donors (Lipinski definition) is 1. The molecule has 2 aromatic rings. The van der Waals surface area contributed by atoms with E-state index < -0.39 is 11.7 Å². The average molecular weight is 305 g/mol. The number of aryl methyl sites for hydroxylation is 1. The first-order valence-corrected chi connectivity index (χ1v) is 6.87. The molecular weight excluding hydrogens is 295 g/mol. The van der Waals surface area contributed by atoms with Gasteiger partial charge in [0.1, 0.15) is 5.82 Å². The number of hydrogen-bond acceptors (Lipinski definition) is 5. The van der Waals surface area contributed by atoms with Crippen LogP contribution in [0.5, 0.6) is 0 Å². The molecule has 3 nitrogen and oxygen atoms in total. The predicted octanol–water partition coefficient (Wildman–Crippen LogP) is 3.48. The van der Waals surface area contributed by atoms with Crippen molar-refractivity contribution in [1.82, 2.24) is 9.36 Å². The van der Waals surface area contributed by atoms with Crippen molar-refractivity contribution in [2.45, 2.75) is 28.9 Å². The highest BCUT2D eigenvalue weighted by Crippen LogP contribution is 2.36. The first-order valence-electron chi connectivity index (χ1n) is 5.28. The van der Waals surface area contributed by atoms with Crippen molar-refractivity contribution in [1.29, 1.82) is 0 Å². The summed E-state index contributed by atoms with van der Waals surface area (Å²) in [6, 6.07) is 4.11. The molecule has 0 fully saturated rings. The van der Waals surface area contributed by atoms with Gasteiger partial charge in [0.2, 0.25) is 0 Å². The van der Waals surface area contributed by atoms with Gasteiger partial charge >= 0.3 is 6.18 Å². The molecular formula is C11H10F3N3S2. The largest absolute Gasteiger partial charge is 0.416 e. The van der Waals surface area contributed by atoms with Crippen molar-refractivity contribution < 1.29 is 13.2 Å². The molecule has 0 radical (unpaired) electrons. The molecule has 2 N–H and O–H groups in total. The molecule has 0 atom stereocenters. The summed E-state index contributed by atoms with van der Waals surface area (Å²) in [7, 11) is 0. The van der Waals surface area contributed by atoms with Gasteiger partial charge in [0.15, 0.2) is 4.34 Å². The zero-order chi connectivity index (χ0) is 14.0. The van der Waals surface area contributed by atoms with Gasteiger partial charge in [-0.05, 0) is 36.2 Å². The minimum atomic E-state index is -4.40. The molecule has 0 amide bonds. The molecule has 0 aliphatic carbocycles. The number of nitrogens with zero attached hydrogens (tertiary/aromatic N) is 2. The van der Waals surface area contributed by atoms with Crippen LogP contribution in [0.25, 0.3) is 0 Å². The Labute approximate surface area is 116 Å². The van der Waals surface area contributed by atoms with Gasteiger partial charge in [-0.15, -0.1) is 0 Å². The van der Waals surface area contributed by atoms with E-state index in [1.807, 2.05) is 0 Å². The summed E-state index contributed by atoms with van der Waals surface area (Å²) in [4.78, 5) is 4.58. The van der Waals surface area contributed by atoms with Crippen LogP contribution in [0.3, 0.4) is 0 Å². The predicted molar refractivity (Wildman–Crippen MR) is 68.1 cm³/mol. The van der Waals surface area contributed by atoms with Crippen molar-refractivity contribution in [2.24, 2.45) is 5.73 Å². The van der Waals surface area contributed by atoms with Crippen LogP contribution in [0, 0.1) is 6.92 Å². The summed E-state index contributed by atoms with van der Waals surface area (Å²) in [5, 5.41) is 0. The van der Waals surface area contributed by atoms with Crippen molar-refractivity contribution >= 4 is 23.3 Å². The Morgan fingerprint density at radius 1 is 1.37 bits per heavy atom. The molecule has 0 spiro atoms. The molecule has 1 aromatic heterocycles. The van der Waals surface area contributed by atoms with Gasteiger partial charge in [0, 0.05) is 11.4 Å². The highest BCUT2D eigenvalue weighted by molar-refractivity contribution is 8.01. The van der Waals surface area contributed by atoms with E-state index in [0.717, 1.165) is 29.4 Å². The maximum atomic E-state index is 12.9. The smallest absolute Gasteiger partial charge is 0.326 e. The molecule has 0 saturated heterocycles. The van der Waals surface area contributed by atoms with Crippen LogP contribution in [-0.4, -0.2) is 9.36 Å². The number of rotatable bonds is 3. The lowest BCUT2D eigenvalue weighted by Gasteiger charge is -2.12. The van der Waals surface area contributed by atoms with E-state index in [2.05, 4.69) is 9.36 Å². The lowest BCUT2D eigenvalue weighted by Crippen LogP contribution is -2.11. The Hall–Kier alpha value is -1.12. The maximum absolute atomic E-state index is 12.9. The third kappa shape index (κ3) is 3.46. The summed E-state index contributed by atoms with van der Waals surface area (Å²) in [5.74, 6) is 0.613. The number of alkyl halides is 3. The van der Waals surface area contributed by atoms with E-state index in [1.165, 1.54) is 6.07 Å². The standard InChI is InChI=1S/C11H10F3N3S2/c1-6-16-10(19-17-6)18-8-3-2-7(5-15)9(4-8)11(12,13)14/h2-4H,5,15H2,1H3. The van der Waals surface area contributed by atoms with Crippen LogP contribution in [0.15, 0.2) is 27.4 Å². The van der Waals surface area contributed by atoms with Crippen LogP contribution in [-0.2, 0) is 12.7 Å². The first kappa shape index (κ1) is 14.3. The Morgan fingerprint density at radius 2 is 2.11 bits per heavy atom. The number of benzene rings is 1. The Morgan fingerprint density at radius 3 is 2.63 bits per heavy atom. The topological polar surface area (TPSA) is 51.8 Å². The van der Waals surface area contributed by atoms with E-state index in [9.17, 15) is 13.2 Å². The van der Waals surface area contributed by atoms with Gasteiger partial charge in [-0.25, -0.2) is 4.98 Å². The Kier molecular flexibility index (Phi) is 4.12. The van der Waals surface area contributed by atoms with Crippen LogP contribution < -0.4 is 5.73 Å². The Balaban J connectivity index is 2.32. The fourth-order valence-electron chi connectivity index (χ4n) is 1.48. The quantitative estimate of drug-likeness (QED) is 0.943. The molecule has 0 bridgehead atoms. The lowest BCUT2D eigenvalue weighted by atomic mass is 10.1. The number of nitrogens with two attached hydrogens (primary N) is 1. The van der Waals surface area contributed by atoms with Gasteiger partial charge < -0.3 is 5.73 Å². The lowest BCUT2D eigenvalue weighted by molar-refractivity contribution is -0.138. The fourth-order valence-corrected chi connectivity index (χ4v) is 3.15. The van der Waals surface area contributed by atoms with Crippen molar-refractivity contribution in [3.8, 4) is 0 Å². The third-order valence-corrected chi connectivity index (χ3v) is 4.15. The second-order valence-electron chi connectivity index (χ2n) is 3.73. The normalized spacial score (nSPS) is 11.8. The van der Waals surface area contributed by atoms with E-state index in [1.54, 1.807) is 13.0 Å². The molecule has 8 heteroatoms. The SMILES string of the molecule is Cc1nsc(Sc2ccc(CN)c(C(F)(F)F)c2)n1. The van der Waals surface area contributed by atoms with Crippen LogP contribution in [0.4, 0.5) is 13.2 Å². The van der Waals surface area contributed by atoms with Gasteiger partial charge in [0.05, 0.1) is 5.56 Å². The van der Waals surface area contributed by atoms with Crippen molar-refractivity contribution in [3.05, 3.63) is 35.2 Å². The molecule has 0 saturated carbocycles. The second kappa shape index (κ2) is 5.48. The molecule has 102 valence electrons. The zero-order valence-corrected chi connectivity index (χ0v) is 11.5. The minimum absolute atomic E-state index is 0.0882. The monoisotopic (exact) mass is 305 g/mol. The third-order valence-electron chi connectivity index (χ3n) is 2.32. The molecule has 2 rings (SSSR count). The van der Waals surface area contributed by atoms with E-state index >= 15 is 0 Å². The summed E-state index contributed by atoms with van der Waals surface area (Å²) in [5.41, 5.74) is 4.72. The maximum Gasteiger partial charge on any atom is 0.416 e. The molecule has 0 unspecified atom stereocenters. The summed E-state index contributed by atoms with van der Waals surface area (Å²) >= 11 is 2.33. The fraction of sp³-hybridized carbons (Fsp3) is 0.273. The molecule has 1 heterocycles. The molecule has 1 aromatic carbocycles. The van der Waals surface area contributed by atoms with E-state index in [-0.39, 0.29) is 12.1 Å². The number of halogens is 3. The summed E-state index contributed by atoms with van der Waals surface area (Å²) in [6.45, 7) is 1.59. The molecule has 19 heavy (non-hydrogen) atoms. The molecule has 0 aliphatic heterocycles. The van der Waals surface area contributed by atoms with Gasteiger partial charge in [-0.3, -0.25) is 0 Å². The van der Waals surface area contributed by atoms with Crippen LogP contribution in [0.1, 0.15) is 17.0 Å². The van der Waals surface area contributed by atoms with E-state index in [4.69, 9.17) is 5.73 Å². The van der Waals surface area contributed by atoms with Crippen molar-refractivity contribution in [2.75, 3.05) is 0 Å². The van der Waals surface area contributed by atoms with Gasteiger partial charge in [0.25, 0.3) is 0 Å². The average Bonchev–Trinajstić information content (AvgIpc) is 2.73.